The first-order valence-electron chi connectivity index (χ1n) is 10.9. The smallest absolute Gasteiger partial charge is 0.116 e. The van der Waals surface area contributed by atoms with Gasteiger partial charge in [0.2, 0.25) is 0 Å². The van der Waals surface area contributed by atoms with Crippen LogP contribution in [-0.4, -0.2) is 5.11 Å². The fraction of sp³-hybridized carbons (Fsp3) is 0.172. The molecular weight excluding hydrogens is 378 g/mol. The molecule has 0 amide bonds. The largest absolute Gasteiger partial charge is 0.508 e. The Balaban J connectivity index is 1.66. The zero-order valence-electron chi connectivity index (χ0n) is 18.3. The van der Waals surface area contributed by atoms with Gasteiger partial charge in [0.25, 0.3) is 0 Å². The van der Waals surface area contributed by atoms with E-state index >= 15 is 0 Å². The molecule has 2 heteroatoms. The quantitative estimate of drug-likeness (QED) is 0.376. The minimum Gasteiger partial charge on any atom is -0.508 e. The van der Waals surface area contributed by atoms with Crippen LogP contribution in [0.5, 0.6) is 5.75 Å². The number of hydrogen-bond donors (Lipinski definition) is 1. The number of phenolic OH excluding ortho intramolecular Hbond substituents is 1. The number of nitrogens with zero attached hydrogens (tertiary/aromatic N) is 1. The van der Waals surface area contributed by atoms with Crippen LogP contribution in [0.15, 0.2) is 84.9 Å². The molecule has 0 heterocycles. The SMILES string of the molecule is Cc1ccc(N(c2ccc(C)cc2)c2ccc3c(c2)C(C)Cc2ccc(O)cc2-3)cc1. The summed E-state index contributed by atoms with van der Waals surface area (Å²) in [7, 11) is 0. The first-order valence-corrected chi connectivity index (χ1v) is 10.9. The van der Waals surface area contributed by atoms with Crippen LogP contribution in [0, 0.1) is 13.8 Å². The molecule has 0 fully saturated rings. The van der Waals surface area contributed by atoms with E-state index in [1.807, 2.05) is 6.07 Å². The molecule has 1 N–H and O–H groups in total. The van der Waals surface area contributed by atoms with E-state index in [2.05, 4.69) is 98.5 Å². The van der Waals surface area contributed by atoms with Crippen molar-refractivity contribution in [2.24, 2.45) is 0 Å². The van der Waals surface area contributed by atoms with Gasteiger partial charge in [-0.3, -0.25) is 0 Å². The minimum atomic E-state index is 0.323. The number of fused-ring (bicyclic) bond motifs is 3. The summed E-state index contributed by atoms with van der Waals surface area (Å²) in [6.07, 6.45) is 0.987. The van der Waals surface area contributed by atoms with E-state index in [4.69, 9.17) is 0 Å². The van der Waals surface area contributed by atoms with E-state index in [0.29, 0.717) is 11.7 Å². The number of anilines is 3. The molecule has 0 saturated heterocycles. The number of aromatic hydroxyl groups is 1. The van der Waals surface area contributed by atoms with Crippen LogP contribution in [0.4, 0.5) is 17.1 Å². The van der Waals surface area contributed by atoms with Gasteiger partial charge in [0.05, 0.1) is 0 Å². The normalized spacial score (nSPS) is 14.6. The fourth-order valence-corrected chi connectivity index (χ4v) is 4.61. The highest BCUT2D eigenvalue weighted by atomic mass is 16.3. The third-order valence-electron chi connectivity index (χ3n) is 6.32. The molecule has 0 bridgehead atoms. The molecule has 1 aliphatic carbocycles. The Bertz CT molecular complexity index is 1190. The van der Waals surface area contributed by atoms with Crippen molar-refractivity contribution >= 4 is 17.1 Å². The first-order chi connectivity index (χ1) is 15.0. The highest BCUT2D eigenvalue weighted by Gasteiger charge is 2.24. The van der Waals surface area contributed by atoms with Crippen LogP contribution in [0.3, 0.4) is 0 Å². The van der Waals surface area contributed by atoms with Crippen LogP contribution >= 0.6 is 0 Å². The van der Waals surface area contributed by atoms with E-state index in [-0.39, 0.29) is 0 Å². The summed E-state index contributed by atoms with van der Waals surface area (Å²) >= 11 is 0. The van der Waals surface area contributed by atoms with Gasteiger partial charge in [-0.2, -0.15) is 0 Å². The van der Waals surface area contributed by atoms with Crippen LogP contribution in [0.2, 0.25) is 0 Å². The van der Waals surface area contributed by atoms with Gasteiger partial charge >= 0.3 is 0 Å². The third kappa shape index (κ3) is 3.59. The standard InChI is InChI=1S/C29H27NO/c1-19-4-9-23(10-5-19)30(24-11-6-20(2)7-12-24)25-13-15-27-28(17-25)21(3)16-22-8-14-26(31)18-29(22)27/h4-15,17-18,21,31H,16H2,1-3H3. The molecule has 4 aromatic carbocycles. The van der Waals surface area contributed by atoms with Crippen molar-refractivity contribution in [1.29, 1.82) is 0 Å². The van der Waals surface area contributed by atoms with Gasteiger partial charge in [-0.25, -0.2) is 0 Å². The molecule has 1 unspecified atom stereocenters. The van der Waals surface area contributed by atoms with E-state index in [1.165, 1.54) is 27.8 Å². The molecule has 0 aliphatic heterocycles. The Morgan fingerprint density at radius 1 is 0.677 bits per heavy atom. The predicted octanol–water partition coefficient (Wildman–Crippen LogP) is 7.81. The topological polar surface area (TPSA) is 23.5 Å². The lowest BCUT2D eigenvalue weighted by Gasteiger charge is -2.30. The number of phenols is 1. The van der Waals surface area contributed by atoms with Crippen molar-refractivity contribution in [3.63, 3.8) is 0 Å². The highest BCUT2D eigenvalue weighted by Crippen LogP contribution is 2.44. The summed E-state index contributed by atoms with van der Waals surface area (Å²) in [6, 6.07) is 29.9. The van der Waals surface area contributed by atoms with E-state index in [1.54, 1.807) is 6.07 Å². The van der Waals surface area contributed by atoms with E-state index < -0.39 is 0 Å². The van der Waals surface area contributed by atoms with Gasteiger partial charge in [0, 0.05) is 17.1 Å². The minimum absolute atomic E-state index is 0.323. The molecule has 0 radical (unpaired) electrons. The summed E-state index contributed by atoms with van der Waals surface area (Å²) < 4.78 is 0. The lowest BCUT2D eigenvalue weighted by atomic mass is 9.79. The molecule has 1 aliphatic rings. The Kier molecular flexibility index (Phi) is 4.78. The molecule has 0 aromatic heterocycles. The maximum absolute atomic E-state index is 10.1. The zero-order chi connectivity index (χ0) is 21.5. The van der Waals surface area contributed by atoms with E-state index in [9.17, 15) is 5.11 Å². The molecule has 5 rings (SSSR count). The molecule has 0 saturated carbocycles. The lowest BCUT2D eigenvalue weighted by molar-refractivity contribution is 0.475. The summed E-state index contributed by atoms with van der Waals surface area (Å²) in [5.41, 5.74) is 11.0. The number of benzene rings is 4. The second kappa shape index (κ2) is 7.63. The molecule has 2 nitrogen and oxygen atoms in total. The highest BCUT2D eigenvalue weighted by molar-refractivity contribution is 5.82. The third-order valence-corrected chi connectivity index (χ3v) is 6.32. The van der Waals surface area contributed by atoms with Gasteiger partial charge in [-0.05, 0) is 97.0 Å². The van der Waals surface area contributed by atoms with Crippen molar-refractivity contribution in [1.82, 2.24) is 0 Å². The van der Waals surface area contributed by atoms with Crippen LogP contribution < -0.4 is 4.90 Å². The van der Waals surface area contributed by atoms with Gasteiger partial charge in [-0.15, -0.1) is 0 Å². The van der Waals surface area contributed by atoms with Crippen molar-refractivity contribution in [2.45, 2.75) is 33.1 Å². The van der Waals surface area contributed by atoms with Crippen LogP contribution in [-0.2, 0) is 6.42 Å². The summed E-state index contributed by atoms with van der Waals surface area (Å²) in [4.78, 5) is 2.32. The van der Waals surface area contributed by atoms with Crippen molar-refractivity contribution in [3.8, 4) is 16.9 Å². The molecule has 154 valence electrons. The monoisotopic (exact) mass is 405 g/mol. The molecule has 4 aromatic rings. The number of hydrogen-bond acceptors (Lipinski definition) is 2. The van der Waals surface area contributed by atoms with Gasteiger partial charge in [0.15, 0.2) is 0 Å². The second-order valence-corrected chi connectivity index (χ2v) is 8.72. The molecular formula is C29H27NO. The molecule has 0 spiro atoms. The Morgan fingerprint density at radius 3 is 1.87 bits per heavy atom. The fourth-order valence-electron chi connectivity index (χ4n) is 4.61. The average Bonchev–Trinajstić information content (AvgIpc) is 2.77. The number of rotatable bonds is 3. The Morgan fingerprint density at radius 2 is 1.26 bits per heavy atom. The van der Waals surface area contributed by atoms with Crippen LogP contribution in [0.25, 0.3) is 11.1 Å². The maximum Gasteiger partial charge on any atom is 0.116 e. The average molecular weight is 406 g/mol. The van der Waals surface area contributed by atoms with Gasteiger partial charge in [0.1, 0.15) is 5.75 Å². The van der Waals surface area contributed by atoms with Crippen molar-refractivity contribution in [2.75, 3.05) is 4.90 Å². The maximum atomic E-state index is 10.1. The molecule has 31 heavy (non-hydrogen) atoms. The molecule has 1 atom stereocenters. The van der Waals surface area contributed by atoms with E-state index in [0.717, 1.165) is 29.0 Å². The summed E-state index contributed by atoms with van der Waals surface area (Å²) in [5.74, 6) is 0.745. The summed E-state index contributed by atoms with van der Waals surface area (Å²) in [6.45, 7) is 6.53. The van der Waals surface area contributed by atoms with Gasteiger partial charge in [-0.1, -0.05) is 54.4 Å². The second-order valence-electron chi connectivity index (χ2n) is 8.72. The van der Waals surface area contributed by atoms with Crippen molar-refractivity contribution in [3.05, 3.63) is 107 Å². The predicted molar refractivity (Wildman–Crippen MR) is 130 cm³/mol. The summed E-state index contributed by atoms with van der Waals surface area (Å²) in [5, 5.41) is 10.1. The Labute approximate surface area is 184 Å². The van der Waals surface area contributed by atoms with Crippen LogP contribution in [0.1, 0.15) is 35.1 Å². The Hall–Kier alpha value is -3.52. The first kappa shape index (κ1) is 19.4. The zero-order valence-corrected chi connectivity index (χ0v) is 18.3. The van der Waals surface area contributed by atoms with Gasteiger partial charge < -0.3 is 10.0 Å². The number of aryl methyl sites for hydroxylation is 2. The lowest BCUT2D eigenvalue weighted by Crippen LogP contribution is -2.13. The van der Waals surface area contributed by atoms with Crippen molar-refractivity contribution < 1.29 is 5.11 Å².